The van der Waals surface area contributed by atoms with Crippen molar-refractivity contribution >= 4 is 0 Å². The Morgan fingerprint density at radius 1 is 1.00 bits per heavy atom. The van der Waals surface area contributed by atoms with Gasteiger partial charge in [-0.3, -0.25) is 0 Å². The minimum Gasteiger partial charge on any atom is -0.372 e. The van der Waals surface area contributed by atoms with Crippen LogP contribution in [0, 0.1) is 0 Å². The van der Waals surface area contributed by atoms with Crippen LogP contribution in [0.15, 0.2) is 0 Å². The maximum Gasteiger partial charge on any atom is 0.0660 e. The molecule has 0 aliphatic carbocycles. The molecule has 2 fully saturated rings. The van der Waals surface area contributed by atoms with Gasteiger partial charge in [0.15, 0.2) is 0 Å². The smallest absolute Gasteiger partial charge is 0.0660 e. The van der Waals surface area contributed by atoms with Gasteiger partial charge in [0.1, 0.15) is 0 Å². The third-order valence-corrected chi connectivity index (χ3v) is 2.44. The van der Waals surface area contributed by atoms with Crippen molar-refractivity contribution in [2.75, 3.05) is 0 Å². The van der Waals surface area contributed by atoms with E-state index in [9.17, 15) is 0 Å². The summed E-state index contributed by atoms with van der Waals surface area (Å²) in [6.45, 7) is 10.2. The van der Waals surface area contributed by atoms with Gasteiger partial charge < -0.3 is 4.74 Å². The van der Waals surface area contributed by atoms with E-state index >= 15 is 0 Å². The molecule has 2 rings (SSSR count). The van der Waals surface area contributed by atoms with Crippen LogP contribution in [0.1, 0.15) is 60.3 Å². The van der Waals surface area contributed by atoms with E-state index in [2.05, 4.69) is 6.92 Å². The molecule has 2 aliphatic heterocycles. The third-order valence-electron chi connectivity index (χ3n) is 2.44. The molecule has 2 bridgehead atoms. The quantitative estimate of drug-likeness (QED) is 0.540. The first-order valence-electron chi connectivity index (χ1n) is 5.46. The van der Waals surface area contributed by atoms with Crippen LogP contribution in [0.3, 0.4) is 0 Å². The van der Waals surface area contributed by atoms with Crippen molar-refractivity contribution in [1.82, 2.24) is 0 Å². The van der Waals surface area contributed by atoms with Gasteiger partial charge in [-0.1, -0.05) is 27.7 Å². The summed E-state index contributed by atoms with van der Waals surface area (Å²) in [5, 5.41) is 0. The average molecular weight is 172 g/mol. The van der Waals surface area contributed by atoms with E-state index in [0.29, 0.717) is 11.7 Å². The number of ether oxygens (including phenoxy) is 1. The molecule has 2 aliphatic rings. The van der Waals surface area contributed by atoms with Gasteiger partial charge in [0.2, 0.25) is 0 Å². The Labute approximate surface area is 77.5 Å². The molecule has 0 unspecified atom stereocenters. The van der Waals surface area contributed by atoms with Crippen LogP contribution in [0.25, 0.3) is 0 Å². The highest BCUT2D eigenvalue weighted by Crippen LogP contribution is 2.42. The van der Waals surface area contributed by atoms with Gasteiger partial charge in [0.25, 0.3) is 0 Å². The highest BCUT2D eigenvalue weighted by molar-refractivity contribution is 4.92. The van der Waals surface area contributed by atoms with Gasteiger partial charge in [0, 0.05) is 0 Å². The van der Waals surface area contributed by atoms with E-state index in [1.807, 2.05) is 27.7 Å². The lowest BCUT2D eigenvalue weighted by Gasteiger charge is -2.16. The monoisotopic (exact) mass is 172 g/mol. The zero-order valence-electron chi connectivity index (χ0n) is 9.31. The predicted octanol–water partition coefficient (Wildman–Crippen LogP) is 3.77. The van der Waals surface area contributed by atoms with Crippen LogP contribution in [0.2, 0.25) is 0 Å². The van der Waals surface area contributed by atoms with Crippen LogP contribution < -0.4 is 0 Å². The molecule has 0 spiro atoms. The van der Waals surface area contributed by atoms with E-state index in [4.69, 9.17) is 4.74 Å². The number of hydrogen-bond acceptors (Lipinski definition) is 1. The Bertz CT molecular complexity index is 102. The first kappa shape index (κ1) is 12.0. The molecule has 0 aromatic rings. The molecular weight excluding hydrogens is 148 g/mol. The summed E-state index contributed by atoms with van der Waals surface area (Å²) in [7, 11) is 0. The standard InChI is InChI=1S/C7H12O.2C2H6/c1-7-4-2-6(8-7)3-5-7;2*1-2/h6H,2-5H2,1H3;2*1-2H3. The third kappa shape index (κ3) is 2.78. The van der Waals surface area contributed by atoms with Crippen molar-refractivity contribution in [2.45, 2.75) is 72.0 Å². The second-order valence-electron chi connectivity index (χ2n) is 3.27. The van der Waals surface area contributed by atoms with Gasteiger partial charge in [-0.2, -0.15) is 0 Å². The molecule has 2 saturated heterocycles. The molecule has 1 heteroatoms. The topological polar surface area (TPSA) is 9.23 Å². The zero-order chi connectivity index (χ0) is 9.61. The molecule has 2 heterocycles. The zero-order valence-corrected chi connectivity index (χ0v) is 9.31. The lowest BCUT2D eigenvalue weighted by molar-refractivity contribution is 0.0284. The van der Waals surface area contributed by atoms with Gasteiger partial charge in [-0.25, -0.2) is 0 Å². The summed E-state index contributed by atoms with van der Waals surface area (Å²) >= 11 is 0. The summed E-state index contributed by atoms with van der Waals surface area (Å²) in [5.41, 5.74) is 0.310. The van der Waals surface area contributed by atoms with E-state index in [-0.39, 0.29) is 0 Å². The normalized spacial score (nSPS) is 36.2. The Balaban J connectivity index is 0.000000269. The molecule has 0 amide bonds. The van der Waals surface area contributed by atoms with E-state index in [1.54, 1.807) is 0 Å². The lowest BCUT2D eigenvalue weighted by Crippen LogP contribution is -2.17. The first-order valence-corrected chi connectivity index (χ1v) is 5.46. The van der Waals surface area contributed by atoms with Crippen LogP contribution >= 0.6 is 0 Å². The fourth-order valence-electron chi connectivity index (χ4n) is 1.84. The van der Waals surface area contributed by atoms with Gasteiger partial charge >= 0.3 is 0 Å². The minimum absolute atomic E-state index is 0.310. The van der Waals surface area contributed by atoms with Crippen molar-refractivity contribution in [1.29, 1.82) is 0 Å². The summed E-state index contributed by atoms with van der Waals surface area (Å²) in [6, 6.07) is 0. The summed E-state index contributed by atoms with van der Waals surface area (Å²) in [6.07, 6.45) is 5.88. The largest absolute Gasteiger partial charge is 0.372 e. The summed E-state index contributed by atoms with van der Waals surface area (Å²) in [5.74, 6) is 0. The highest BCUT2D eigenvalue weighted by atomic mass is 16.5. The summed E-state index contributed by atoms with van der Waals surface area (Å²) in [4.78, 5) is 0. The van der Waals surface area contributed by atoms with Crippen LogP contribution in [0.4, 0.5) is 0 Å². The highest BCUT2D eigenvalue weighted by Gasteiger charge is 2.41. The Morgan fingerprint density at radius 2 is 1.42 bits per heavy atom. The van der Waals surface area contributed by atoms with E-state index in [1.165, 1.54) is 25.7 Å². The summed E-state index contributed by atoms with van der Waals surface area (Å²) < 4.78 is 5.66. The maximum atomic E-state index is 5.66. The van der Waals surface area contributed by atoms with Crippen molar-refractivity contribution in [3.8, 4) is 0 Å². The Hall–Kier alpha value is -0.0400. The van der Waals surface area contributed by atoms with Crippen molar-refractivity contribution in [3.63, 3.8) is 0 Å². The lowest BCUT2D eigenvalue weighted by atomic mass is 9.91. The van der Waals surface area contributed by atoms with E-state index < -0.39 is 0 Å². The average Bonchev–Trinajstić information content (AvgIpc) is 2.69. The van der Waals surface area contributed by atoms with Gasteiger partial charge in [0.05, 0.1) is 11.7 Å². The van der Waals surface area contributed by atoms with Gasteiger partial charge in [-0.05, 0) is 32.6 Å². The molecule has 0 aromatic carbocycles. The fraction of sp³-hybridized carbons (Fsp3) is 1.00. The predicted molar refractivity (Wildman–Crippen MR) is 54.4 cm³/mol. The SMILES string of the molecule is CC.CC.CC12CCC(CC1)O2. The number of rotatable bonds is 0. The van der Waals surface area contributed by atoms with Crippen LogP contribution in [0.5, 0.6) is 0 Å². The number of fused-ring (bicyclic) bond motifs is 2. The number of hydrogen-bond donors (Lipinski definition) is 0. The van der Waals surface area contributed by atoms with E-state index in [0.717, 1.165) is 0 Å². The molecule has 0 atom stereocenters. The maximum absolute atomic E-state index is 5.66. The second kappa shape index (κ2) is 5.58. The first-order chi connectivity index (χ1) is 5.79. The molecule has 0 aromatic heterocycles. The second-order valence-corrected chi connectivity index (χ2v) is 3.27. The van der Waals surface area contributed by atoms with Crippen molar-refractivity contribution < 1.29 is 4.74 Å². The molecule has 74 valence electrons. The van der Waals surface area contributed by atoms with Crippen molar-refractivity contribution in [2.24, 2.45) is 0 Å². The molecule has 0 N–H and O–H groups in total. The Kier molecular flexibility index (Phi) is 5.56. The molecule has 0 saturated carbocycles. The molecular formula is C11H24O. The van der Waals surface area contributed by atoms with Gasteiger partial charge in [-0.15, -0.1) is 0 Å². The van der Waals surface area contributed by atoms with Crippen molar-refractivity contribution in [3.05, 3.63) is 0 Å². The van der Waals surface area contributed by atoms with Crippen LogP contribution in [-0.4, -0.2) is 11.7 Å². The minimum atomic E-state index is 0.310. The molecule has 12 heavy (non-hydrogen) atoms. The van der Waals surface area contributed by atoms with Crippen LogP contribution in [-0.2, 0) is 4.74 Å². The molecule has 0 radical (unpaired) electrons. The fourth-order valence-corrected chi connectivity index (χ4v) is 1.84. The molecule has 1 nitrogen and oxygen atoms in total. The Morgan fingerprint density at radius 3 is 1.50 bits per heavy atom.